The molecule has 0 saturated heterocycles. The molecular formula is C20H28N4O10. The second-order valence-electron chi connectivity index (χ2n) is 7.53. The van der Waals surface area contributed by atoms with E-state index in [0.717, 1.165) is 12.0 Å². The van der Waals surface area contributed by atoms with Gasteiger partial charge in [0.15, 0.2) is 0 Å². The van der Waals surface area contributed by atoms with Gasteiger partial charge in [-0.15, -0.1) is 5.06 Å². The van der Waals surface area contributed by atoms with E-state index in [0.29, 0.717) is 11.3 Å². The van der Waals surface area contributed by atoms with Crippen molar-refractivity contribution in [3.05, 3.63) is 29.8 Å². The smallest absolute Gasteiger partial charge is 0.332 e. The fourth-order valence-corrected chi connectivity index (χ4v) is 3.07. The Balaban J connectivity index is 3.11. The molecule has 0 aliphatic carbocycles. The van der Waals surface area contributed by atoms with E-state index in [1.807, 2.05) is 0 Å². The summed E-state index contributed by atoms with van der Waals surface area (Å²) in [5.41, 5.74) is 6.82. The summed E-state index contributed by atoms with van der Waals surface area (Å²) in [6.07, 6.45) is 0.115. The van der Waals surface area contributed by atoms with Crippen molar-refractivity contribution < 1.29 is 49.2 Å². The average molecular weight is 484 g/mol. The summed E-state index contributed by atoms with van der Waals surface area (Å²) in [5, 5.41) is 42.5. The number of nitrogens with one attached hydrogen (secondary N) is 2. The Morgan fingerprint density at radius 3 is 1.79 bits per heavy atom. The van der Waals surface area contributed by atoms with E-state index in [1.54, 1.807) is 24.3 Å². The molecule has 2 atom stereocenters. The highest BCUT2D eigenvalue weighted by molar-refractivity contribution is 5.97. The summed E-state index contributed by atoms with van der Waals surface area (Å²) in [6, 6.07) is 0.956. The van der Waals surface area contributed by atoms with E-state index < -0.39 is 54.0 Å². The first kappa shape index (κ1) is 28.3. The van der Waals surface area contributed by atoms with Gasteiger partial charge in [0.1, 0.15) is 0 Å². The summed E-state index contributed by atoms with van der Waals surface area (Å²) in [4.78, 5) is 61.7. The third-order valence-electron chi connectivity index (χ3n) is 4.46. The number of nitrogen functional groups attached to an aromatic ring is 1. The number of carbonyl (C=O) groups excluding carboxylic acids is 1. The van der Waals surface area contributed by atoms with Gasteiger partial charge in [-0.25, -0.2) is 19.2 Å². The average Bonchev–Trinajstić information content (AvgIpc) is 2.70. The van der Waals surface area contributed by atoms with Crippen LogP contribution in [0.5, 0.6) is 0 Å². The molecule has 0 aliphatic heterocycles. The Morgan fingerprint density at radius 2 is 1.35 bits per heavy atom. The fourth-order valence-electron chi connectivity index (χ4n) is 3.07. The lowest BCUT2D eigenvalue weighted by Gasteiger charge is -2.30. The lowest BCUT2D eigenvalue weighted by Crippen LogP contribution is -2.55. The molecule has 14 heteroatoms. The van der Waals surface area contributed by atoms with Gasteiger partial charge in [-0.05, 0) is 31.0 Å². The number of hydrogen-bond acceptors (Lipinski definition) is 10. The molecule has 14 nitrogen and oxygen atoms in total. The molecule has 0 fully saturated rings. The number of carbonyl (C=O) groups is 5. The number of rotatable bonds is 15. The van der Waals surface area contributed by atoms with Crippen molar-refractivity contribution >= 4 is 35.5 Å². The van der Waals surface area contributed by atoms with Crippen molar-refractivity contribution in [1.82, 2.24) is 15.7 Å². The maximum atomic E-state index is 11.6. The van der Waals surface area contributed by atoms with Crippen molar-refractivity contribution in [3.8, 4) is 0 Å². The number of hydrogen-bond donors (Lipinski definition) is 7. The van der Waals surface area contributed by atoms with E-state index in [4.69, 9.17) is 20.8 Å². The Hall–Kier alpha value is -3.75. The molecule has 0 amide bonds. The van der Waals surface area contributed by atoms with Gasteiger partial charge in [-0.2, -0.15) is 0 Å². The van der Waals surface area contributed by atoms with Crippen LogP contribution < -0.4 is 16.4 Å². The van der Waals surface area contributed by atoms with Crippen LogP contribution >= 0.6 is 0 Å². The highest BCUT2D eigenvalue weighted by Gasteiger charge is 2.31. The van der Waals surface area contributed by atoms with Gasteiger partial charge in [0.2, 0.25) is 12.1 Å². The molecule has 188 valence electrons. The quantitative estimate of drug-likeness (QED) is 0.0863. The molecule has 1 rings (SSSR count). The van der Waals surface area contributed by atoms with Crippen molar-refractivity contribution in [2.45, 2.75) is 44.4 Å². The van der Waals surface area contributed by atoms with E-state index in [2.05, 4.69) is 10.6 Å². The third kappa shape index (κ3) is 9.81. The van der Waals surface area contributed by atoms with E-state index in [1.165, 1.54) is 6.92 Å². The largest absolute Gasteiger partial charge is 0.480 e. The summed E-state index contributed by atoms with van der Waals surface area (Å²) >= 11 is 0. The van der Waals surface area contributed by atoms with E-state index >= 15 is 0 Å². The number of benzene rings is 1. The molecule has 0 heterocycles. The van der Waals surface area contributed by atoms with Crippen molar-refractivity contribution in [2.24, 2.45) is 0 Å². The van der Waals surface area contributed by atoms with Gasteiger partial charge in [0, 0.05) is 24.7 Å². The van der Waals surface area contributed by atoms with E-state index in [-0.39, 0.29) is 19.5 Å². The van der Waals surface area contributed by atoms with Gasteiger partial charge in [-0.3, -0.25) is 15.4 Å². The SMILES string of the molecule is CC(=O)ON(CC(C)NC(C(=O)O)C(=O)O)CC(Cc1ccc(N)cc1)NC(C(=O)O)C(=O)O. The van der Waals surface area contributed by atoms with Gasteiger partial charge >= 0.3 is 29.8 Å². The van der Waals surface area contributed by atoms with Crippen LogP contribution in [-0.4, -0.2) is 92.6 Å². The van der Waals surface area contributed by atoms with Crippen LogP contribution in [0.1, 0.15) is 19.4 Å². The zero-order chi connectivity index (χ0) is 26.0. The first-order valence-corrected chi connectivity index (χ1v) is 10.0. The second-order valence-corrected chi connectivity index (χ2v) is 7.53. The molecule has 34 heavy (non-hydrogen) atoms. The molecule has 8 N–H and O–H groups in total. The van der Waals surface area contributed by atoms with Crippen LogP contribution in [0, 0.1) is 0 Å². The normalized spacial score (nSPS) is 13.0. The highest BCUT2D eigenvalue weighted by Crippen LogP contribution is 2.11. The van der Waals surface area contributed by atoms with Crippen molar-refractivity contribution in [3.63, 3.8) is 0 Å². The number of hydroxylamine groups is 2. The maximum Gasteiger partial charge on any atom is 0.332 e. The summed E-state index contributed by atoms with van der Waals surface area (Å²) < 4.78 is 0. The Morgan fingerprint density at radius 1 is 0.882 bits per heavy atom. The summed E-state index contributed by atoms with van der Waals surface area (Å²) in [6.45, 7) is 2.15. The highest BCUT2D eigenvalue weighted by atomic mass is 16.7. The number of aliphatic carboxylic acids is 4. The first-order chi connectivity index (χ1) is 15.8. The monoisotopic (exact) mass is 484 g/mol. The van der Waals surface area contributed by atoms with Gasteiger partial charge < -0.3 is 31.0 Å². The minimum atomic E-state index is -1.96. The Labute approximate surface area is 194 Å². The Kier molecular flexibility index (Phi) is 10.9. The minimum absolute atomic E-state index is 0.115. The van der Waals surface area contributed by atoms with Crippen LogP contribution in [0.2, 0.25) is 0 Å². The van der Waals surface area contributed by atoms with Crippen LogP contribution in [0.4, 0.5) is 5.69 Å². The van der Waals surface area contributed by atoms with Crippen LogP contribution in [0.25, 0.3) is 0 Å². The molecule has 0 saturated carbocycles. The number of carboxylic acid groups (broad SMARTS) is 4. The molecule has 0 aromatic heterocycles. The standard InChI is InChI=1S/C20H28N4O10/c1-10(22-15(17(26)27)18(28)29)8-24(34-11(2)25)9-14(23-16(19(30)31)20(32)33)7-12-3-5-13(21)6-4-12/h3-6,10,14-16,22-23H,7-9,21H2,1-2H3,(H,26,27)(H,28,29)(H,30,31)(H,32,33). The van der Waals surface area contributed by atoms with Gasteiger partial charge in [0.05, 0.1) is 13.1 Å². The fraction of sp³-hybridized carbons (Fsp3) is 0.450. The Bertz CT molecular complexity index is 864. The summed E-state index contributed by atoms with van der Waals surface area (Å²) in [7, 11) is 0. The van der Waals surface area contributed by atoms with Crippen molar-refractivity contribution in [2.75, 3.05) is 18.8 Å². The lowest BCUT2D eigenvalue weighted by atomic mass is 10.0. The van der Waals surface area contributed by atoms with E-state index in [9.17, 15) is 34.2 Å². The molecule has 2 unspecified atom stereocenters. The zero-order valence-electron chi connectivity index (χ0n) is 18.5. The van der Waals surface area contributed by atoms with Crippen molar-refractivity contribution in [1.29, 1.82) is 0 Å². The zero-order valence-corrected chi connectivity index (χ0v) is 18.5. The summed E-state index contributed by atoms with van der Waals surface area (Å²) in [5.74, 6) is -7.25. The predicted octanol–water partition coefficient (Wildman–Crippen LogP) is -1.40. The van der Waals surface area contributed by atoms with Gasteiger partial charge in [-0.1, -0.05) is 12.1 Å². The van der Waals surface area contributed by atoms with Crippen LogP contribution in [0.15, 0.2) is 24.3 Å². The maximum absolute atomic E-state index is 11.6. The minimum Gasteiger partial charge on any atom is -0.480 e. The molecule has 1 aromatic carbocycles. The molecule has 0 radical (unpaired) electrons. The number of anilines is 1. The first-order valence-electron chi connectivity index (χ1n) is 10.0. The lowest BCUT2D eigenvalue weighted by molar-refractivity contribution is -0.191. The van der Waals surface area contributed by atoms with Gasteiger partial charge in [0.25, 0.3) is 0 Å². The topological polar surface area (TPSA) is 229 Å². The molecule has 0 bridgehead atoms. The molecular weight excluding hydrogens is 456 g/mol. The predicted molar refractivity (Wildman–Crippen MR) is 116 cm³/mol. The molecule has 0 spiro atoms. The molecule has 1 aromatic rings. The third-order valence-corrected chi connectivity index (χ3v) is 4.46. The number of nitrogens with zero attached hydrogens (tertiary/aromatic N) is 1. The van der Waals surface area contributed by atoms with Crippen LogP contribution in [-0.2, 0) is 35.2 Å². The molecule has 0 aliphatic rings. The number of nitrogens with two attached hydrogens (primary N) is 1. The second kappa shape index (κ2) is 13.1. The number of carboxylic acids is 4. The van der Waals surface area contributed by atoms with Crippen LogP contribution in [0.3, 0.4) is 0 Å².